The summed E-state index contributed by atoms with van der Waals surface area (Å²) in [6, 6.07) is 34.3. The van der Waals surface area contributed by atoms with Gasteiger partial charge >= 0.3 is 0 Å². The van der Waals surface area contributed by atoms with Gasteiger partial charge in [0.15, 0.2) is 23.0 Å². The molecule has 40 heavy (non-hydrogen) atoms. The second-order valence-corrected chi connectivity index (χ2v) is 10.5. The molecule has 0 unspecified atom stereocenters. The number of aryl methyl sites for hydroxylation is 1. The minimum Gasteiger partial charge on any atom is -0.454 e. The Kier molecular flexibility index (Phi) is 4.36. The van der Waals surface area contributed by atoms with Crippen LogP contribution >= 0.6 is 0 Å². The predicted molar refractivity (Wildman–Crippen MR) is 157 cm³/mol. The molecular weight excluding hydrogens is 499 g/mol. The molecule has 5 aromatic rings. The van der Waals surface area contributed by atoms with Crippen LogP contribution in [-0.4, -0.2) is 20.3 Å². The van der Waals surface area contributed by atoms with Crippen molar-refractivity contribution in [2.75, 3.05) is 23.4 Å². The lowest BCUT2D eigenvalue weighted by atomic mass is 9.33. The molecule has 5 aromatic carbocycles. The van der Waals surface area contributed by atoms with Gasteiger partial charge in [0, 0.05) is 46.3 Å². The maximum absolute atomic E-state index is 5.91. The molecular formula is C33H23BN2O4. The highest BCUT2D eigenvalue weighted by Crippen LogP contribution is 2.48. The van der Waals surface area contributed by atoms with Crippen molar-refractivity contribution in [1.82, 2.24) is 0 Å². The molecule has 0 radical (unpaired) electrons. The van der Waals surface area contributed by atoms with Crippen LogP contribution in [0.5, 0.6) is 23.0 Å². The predicted octanol–water partition coefficient (Wildman–Crippen LogP) is 5.54. The number of fused-ring (bicyclic) bond motifs is 6. The summed E-state index contributed by atoms with van der Waals surface area (Å²) in [5, 5.41) is 0. The molecule has 0 N–H and O–H groups in total. The van der Waals surface area contributed by atoms with Crippen LogP contribution in [0.2, 0.25) is 0 Å². The first-order chi connectivity index (χ1) is 19.7. The minimum atomic E-state index is -0.0421. The van der Waals surface area contributed by atoms with Gasteiger partial charge in [-0.05, 0) is 77.4 Å². The lowest BCUT2D eigenvalue weighted by Crippen LogP contribution is -2.61. The molecule has 7 heteroatoms. The van der Waals surface area contributed by atoms with Crippen LogP contribution in [0.4, 0.5) is 34.1 Å². The van der Waals surface area contributed by atoms with E-state index < -0.39 is 0 Å². The van der Waals surface area contributed by atoms with Crippen molar-refractivity contribution in [3.8, 4) is 23.0 Å². The average Bonchev–Trinajstić information content (AvgIpc) is 3.64. The van der Waals surface area contributed by atoms with Crippen LogP contribution in [-0.2, 0) is 0 Å². The number of ether oxygens (including phenoxy) is 4. The maximum atomic E-state index is 5.91. The van der Waals surface area contributed by atoms with E-state index in [0.29, 0.717) is 0 Å². The van der Waals surface area contributed by atoms with Crippen molar-refractivity contribution in [3.63, 3.8) is 0 Å². The van der Waals surface area contributed by atoms with Crippen LogP contribution in [0.3, 0.4) is 0 Å². The zero-order valence-corrected chi connectivity index (χ0v) is 21.8. The van der Waals surface area contributed by atoms with Crippen molar-refractivity contribution in [2.45, 2.75) is 6.92 Å². The van der Waals surface area contributed by atoms with Gasteiger partial charge in [0.05, 0.1) is 0 Å². The van der Waals surface area contributed by atoms with Gasteiger partial charge in [-0.2, -0.15) is 0 Å². The third kappa shape index (κ3) is 2.94. The second kappa shape index (κ2) is 7.99. The van der Waals surface area contributed by atoms with Crippen molar-refractivity contribution >= 4 is 57.2 Å². The van der Waals surface area contributed by atoms with E-state index in [1.165, 1.54) is 22.0 Å². The zero-order valence-electron chi connectivity index (χ0n) is 21.8. The van der Waals surface area contributed by atoms with Gasteiger partial charge in [0.2, 0.25) is 13.6 Å². The molecule has 9 rings (SSSR count). The lowest BCUT2D eigenvalue weighted by Gasteiger charge is -2.44. The fourth-order valence-electron chi connectivity index (χ4n) is 6.62. The summed E-state index contributed by atoms with van der Waals surface area (Å²) in [6.45, 7) is 2.58. The summed E-state index contributed by atoms with van der Waals surface area (Å²) in [7, 11) is 0. The number of rotatable bonds is 2. The Morgan fingerprint density at radius 2 is 0.950 bits per heavy atom. The normalized spacial score (nSPS) is 15.1. The van der Waals surface area contributed by atoms with Gasteiger partial charge in [-0.25, -0.2) is 0 Å². The van der Waals surface area contributed by atoms with Crippen molar-refractivity contribution in [2.24, 2.45) is 0 Å². The first-order valence-corrected chi connectivity index (χ1v) is 13.5. The summed E-state index contributed by atoms with van der Waals surface area (Å²) >= 11 is 0. The number of nitrogens with zero attached hydrogens (tertiary/aromatic N) is 2. The molecule has 6 nitrogen and oxygen atoms in total. The average molecular weight is 522 g/mol. The Morgan fingerprint density at radius 1 is 0.525 bits per heavy atom. The van der Waals surface area contributed by atoms with Gasteiger partial charge in [-0.15, -0.1) is 0 Å². The zero-order chi connectivity index (χ0) is 26.4. The Hall–Kier alpha value is -5.04. The molecule has 0 spiro atoms. The molecule has 0 bridgehead atoms. The van der Waals surface area contributed by atoms with Gasteiger partial charge in [-0.1, -0.05) is 36.4 Å². The number of hydrogen-bond acceptors (Lipinski definition) is 6. The highest BCUT2D eigenvalue weighted by Gasteiger charge is 2.45. The van der Waals surface area contributed by atoms with Crippen LogP contribution < -0.4 is 45.1 Å². The molecule has 0 fully saturated rings. The fraction of sp³-hybridized carbons (Fsp3) is 0.0909. The van der Waals surface area contributed by atoms with E-state index in [1.807, 2.05) is 0 Å². The van der Waals surface area contributed by atoms with Gasteiger partial charge in [-0.3, -0.25) is 0 Å². The van der Waals surface area contributed by atoms with Crippen LogP contribution in [0.25, 0.3) is 0 Å². The van der Waals surface area contributed by atoms with E-state index in [-0.39, 0.29) is 20.3 Å². The topological polar surface area (TPSA) is 43.4 Å². The number of para-hydroxylation sites is 2. The van der Waals surface area contributed by atoms with E-state index in [1.54, 1.807) is 0 Å². The summed E-state index contributed by atoms with van der Waals surface area (Å²) in [6.07, 6.45) is 0. The largest absolute Gasteiger partial charge is 0.454 e. The fourth-order valence-corrected chi connectivity index (χ4v) is 6.62. The standard InChI is InChI=1S/C33H23BN2O4/c1-20-12-27-33-28(13-20)36(22-10-6-3-7-11-22)26-17-32-30(38-19-40-32)15-24(26)34(33)23-14-29-31(39-18-37-29)16-25(23)35(27)21-8-4-2-5-9-21/h2-17H,18-19H2,1H3. The quantitative estimate of drug-likeness (QED) is 0.278. The molecule has 0 aromatic heterocycles. The third-order valence-corrected chi connectivity index (χ3v) is 8.23. The summed E-state index contributed by atoms with van der Waals surface area (Å²) < 4.78 is 23.6. The Morgan fingerprint density at radius 3 is 1.40 bits per heavy atom. The second-order valence-electron chi connectivity index (χ2n) is 10.5. The molecule has 192 valence electrons. The number of benzene rings is 5. The maximum Gasteiger partial charge on any atom is 0.252 e. The molecule has 0 saturated carbocycles. The first-order valence-electron chi connectivity index (χ1n) is 13.5. The molecule has 0 atom stereocenters. The monoisotopic (exact) mass is 522 g/mol. The van der Waals surface area contributed by atoms with Crippen molar-refractivity contribution in [3.05, 3.63) is 103 Å². The lowest BCUT2D eigenvalue weighted by molar-refractivity contribution is 0.173. The molecule has 4 aliphatic heterocycles. The van der Waals surface area contributed by atoms with Gasteiger partial charge in [0.25, 0.3) is 6.71 Å². The third-order valence-electron chi connectivity index (χ3n) is 8.23. The van der Waals surface area contributed by atoms with E-state index in [9.17, 15) is 0 Å². The highest BCUT2D eigenvalue weighted by atomic mass is 16.7. The Bertz CT molecular complexity index is 1710. The van der Waals surface area contributed by atoms with Crippen LogP contribution in [0, 0.1) is 6.92 Å². The molecule has 4 heterocycles. The van der Waals surface area contributed by atoms with E-state index >= 15 is 0 Å². The van der Waals surface area contributed by atoms with E-state index in [4.69, 9.17) is 18.9 Å². The van der Waals surface area contributed by atoms with E-state index in [0.717, 1.165) is 57.1 Å². The van der Waals surface area contributed by atoms with Gasteiger partial charge in [0.1, 0.15) is 0 Å². The summed E-state index contributed by atoms with van der Waals surface area (Å²) in [5.41, 5.74) is 11.4. The number of hydrogen-bond donors (Lipinski definition) is 0. The molecule has 0 saturated heterocycles. The minimum absolute atomic E-state index is 0.0421. The summed E-state index contributed by atoms with van der Waals surface area (Å²) in [4.78, 5) is 4.72. The molecule has 4 aliphatic rings. The smallest absolute Gasteiger partial charge is 0.252 e. The van der Waals surface area contributed by atoms with E-state index in [2.05, 4.69) is 114 Å². The van der Waals surface area contributed by atoms with Gasteiger partial charge < -0.3 is 28.7 Å². The Balaban J connectivity index is 1.41. The van der Waals surface area contributed by atoms with Crippen LogP contribution in [0.15, 0.2) is 97.1 Å². The first kappa shape index (κ1) is 21.9. The van der Waals surface area contributed by atoms with Crippen molar-refractivity contribution in [1.29, 1.82) is 0 Å². The number of anilines is 6. The molecule has 0 amide bonds. The Labute approximate surface area is 232 Å². The van der Waals surface area contributed by atoms with Crippen molar-refractivity contribution < 1.29 is 18.9 Å². The molecule has 0 aliphatic carbocycles. The SMILES string of the molecule is Cc1cc2c3c(c1)N(c1ccccc1)c1cc4c(cc1B3c1cc3c(cc1N2c1ccccc1)OCO3)OCO4. The summed E-state index contributed by atoms with van der Waals surface area (Å²) in [5.74, 6) is 3.08. The highest BCUT2D eigenvalue weighted by molar-refractivity contribution is 7.00. The van der Waals surface area contributed by atoms with Crippen LogP contribution in [0.1, 0.15) is 5.56 Å².